The van der Waals surface area contributed by atoms with Crippen LogP contribution in [0.2, 0.25) is 10.0 Å². The fraction of sp³-hybridized carbons (Fsp3) is 0.133. The lowest BCUT2D eigenvalue weighted by atomic mass is 10.1. The molecule has 0 radical (unpaired) electrons. The molecule has 0 fully saturated rings. The van der Waals surface area contributed by atoms with E-state index in [-0.39, 0.29) is 0 Å². The maximum absolute atomic E-state index is 11.0. The van der Waals surface area contributed by atoms with E-state index in [1.54, 1.807) is 36.4 Å². The van der Waals surface area contributed by atoms with Gasteiger partial charge in [0.25, 0.3) is 0 Å². The van der Waals surface area contributed by atoms with Crippen LogP contribution in [0.25, 0.3) is 0 Å². The highest BCUT2D eigenvalue weighted by molar-refractivity contribution is 6.68. The molecule has 0 spiro atoms. The first-order valence-electron chi connectivity index (χ1n) is 5.97. The second kappa shape index (κ2) is 7.37. The molecule has 0 aromatic heterocycles. The first-order valence-corrected chi connectivity index (χ1v) is 7.54. The predicted octanol–water partition coefficient (Wildman–Crippen LogP) is 5.62. The molecule has 0 saturated heterocycles. The first kappa shape index (κ1) is 16.4. The van der Waals surface area contributed by atoms with Crippen molar-refractivity contribution in [3.63, 3.8) is 0 Å². The van der Waals surface area contributed by atoms with Gasteiger partial charge in [-0.25, -0.2) is 0 Å². The third-order valence-electron chi connectivity index (χ3n) is 2.76. The van der Waals surface area contributed by atoms with Gasteiger partial charge in [0, 0.05) is 0 Å². The van der Waals surface area contributed by atoms with Gasteiger partial charge in [0.15, 0.2) is 0 Å². The third kappa shape index (κ3) is 4.52. The summed E-state index contributed by atoms with van der Waals surface area (Å²) in [6.45, 7) is 0.356. The van der Waals surface area contributed by atoms with Crippen LogP contribution in [-0.2, 0) is 11.4 Å². The highest BCUT2D eigenvalue weighted by Gasteiger charge is 2.14. The number of hydrogen-bond donors (Lipinski definition) is 0. The van der Waals surface area contributed by atoms with Crippen molar-refractivity contribution >= 4 is 51.6 Å². The fourth-order valence-electron chi connectivity index (χ4n) is 1.66. The lowest BCUT2D eigenvalue weighted by Crippen LogP contribution is -1.99. The van der Waals surface area contributed by atoms with E-state index in [1.807, 2.05) is 6.07 Å². The van der Waals surface area contributed by atoms with E-state index in [0.29, 0.717) is 28.0 Å². The number of carbonyl (C=O) groups is 1. The number of ether oxygens (including phenoxy) is 1. The van der Waals surface area contributed by atoms with Crippen LogP contribution in [-0.4, -0.2) is 5.24 Å². The second-order valence-corrected chi connectivity index (χ2v) is 5.90. The van der Waals surface area contributed by atoms with Gasteiger partial charge in [-0.3, -0.25) is 4.79 Å². The Bertz CT molecular complexity index is 641. The highest BCUT2D eigenvalue weighted by Crippen LogP contribution is 2.26. The minimum absolute atomic E-state index is 0.356. The van der Waals surface area contributed by atoms with Crippen molar-refractivity contribution in [2.24, 2.45) is 0 Å². The van der Waals surface area contributed by atoms with Crippen LogP contribution in [0.3, 0.4) is 0 Å². The van der Waals surface area contributed by atoms with Crippen LogP contribution < -0.4 is 4.74 Å². The summed E-state index contributed by atoms with van der Waals surface area (Å²) < 4.78 is 5.62. The summed E-state index contributed by atoms with van der Waals surface area (Å²) in [5.41, 5.74) is 1.53. The van der Waals surface area contributed by atoms with Crippen molar-refractivity contribution in [2.45, 2.75) is 12.0 Å². The average Bonchev–Trinajstić information content (AvgIpc) is 2.48. The third-order valence-corrected chi connectivity index (χ3v) is 4.28. The molecular weight excluding hydrogens is 354 g/mol. The van der Waals surface area contributed by atoms with Crippen molar-refractivity contribution in [3.05, 3.63) is 63.6 Å². The molecule has 0 saturated carbocycles. The highest BCUT2D eigenvalue weighted by atomic mass is 35.5. The number of halogens is 4. The number of benzene rings is 2. The van der Waals surface area contributed by atoms with Gasteiger partial charge in [-0.15, -0.1) is 11.6 Å². The van der Waals surface area contributed by atoms with Crippen LogP contribution in [0, 0.1) is 0 Å². The van der Waals surface area contributed by atoms with Crippen molar-refractivity contribution in [1.82, 2.24) is 0 Å². The predicted molar refractivity (Wildman–Crippen MR) is 86.7 cm³/mol. The number of rotatable bonds is 5. The van der Waals surface area contributed by atoms with Gasteiger partial charge < -0.3 is 4.74 Å². The summed E-state index contributed by atoms with van der Waals surface area (Å²) in [5.74, 6) is 0.649. The Morgan fingerprint density at radius 1 is 1.05 bits per heavy atom. The lowest BCUT2D eigenvalue weighted by Gasteiger charge is -2.09. The van der Waals surface area contributed by atoms with Gasteiger partial charge in [-0.2, -0.15) is 0 Å². The van der Waals surface area contributed by atoms with Gasteiger partial charge >= 0.3 is 0 Å². The minimum Gasteiger partial charge on any atom is -0.489 e. The molecule has 0 heterocycles. The van der Waals surface area contributed by atoms with E-state index in [0.717, 1.165) is 5.56 Å². The molecule has 21 heavy (non-hydrogen) atoms. The smallest absolute Gasteiger partial charge is 0.244 e. The molecule has 0 amide bonds. The molecule has 2 rings (SSSR count). The number of carbonyl (C=O) groups excluding carboxylic acids is 1. The molecule has 1 unspecified atom stereocenters. The Kier molecular flexibility index (Phi) is 5.77. The summed E-state index contributed by atoms with van der Waals surface area (Å²) in [6.07, 6.45) is 0. The van der Waals surface area contributed by atoms with Crippen molar-refractivity contribution < 1.29 is 9.53 Å². The zero-order valence-electron chi connectivity index (χ0n) is 10.7. The van der Waals surface area contributed by atoms with Crippen LogP contribution in [0.1, 0.15) is 16.5 Å². The van der Waals surface area contributed by atoms with Crippen LogP contribution in [0.15, 0.2) is 42.5 Å². The Morgan fingerprint density at radius 2 is 1.71 bits per heavy atom. The monoisotopic (exact) mass is 362 g/mol. The summed E-state index contributed by atoms with van der Waals surface area (Å²) in [6, 6.07) is 12.1. The van der Waals surface area contributed by atoms with Gasteiger partial charge in [-0.05, 0) is 47.0 Å². The van der Waals surface area contributed by atoms with Gasteiger partial charge in [-0.1, -0.05) is 41.4 Å². The lowest BCUT2D eigenvalue weighted by molar-refractivity contribution is -0.111. The van der Waals surface area contributed by atoms with E-state index >= 15 is 0 Å². The molecule has 2 nitrogen and oxygen atoms in total. The molecule has 6 heteroatoms. The summed E-state index contributed by atoms with van der Waals surface area (Å²) in [4.78, 5) is 11.0. The molecule has 0 aliphatic carbocycles. The van der Waals surface area contributed by atoms with E-state index < -0.39 is 10.6 Å². The van der Waals surface area contributed by atoms with Crippen molar-refractivity contribution in [2.75, 3.05) is 0 Å². The summed E-state index contributed by atoms with van der Waals surface area (Å²) in [7, 11) is 0. The molecule has 2 aromatic rings. The SMILES string of the molecule is O=C(Cl)C(Cl)c1ccc(OCc2ccc(Cl)c(Cl)c2)cc1. The molecule has 110 valence electrons. The number of hydrogen-bond acceptors (Lipinski definition) is 2. The summed E-state index contributed by atoms with van der Waals surface area (Å²) in [5, 5.41) is -0.473. The second-order valence-electron chi connectivity index (χ2n) is 4.27. The quantitative estimate of drug-likeness (QED) is 0.509. The average molecular weight is 364 g/mol. The zero-order chi connectivity index (χ0) is 15.4. The fourth-order valence-corrected chi connectivity index (χ4v) is 2.25. The Morgan fingerprint density at radius 3 is 2.29 bits per heavy atom. The van der Waals surface area contributed by atoms with Crippen LogP contribution in [0.4, 0.5) is 0 Å². The normalized spacial score (nSPS) is 12.0. The molecule has 2 aromatic carbocycles. The van der Waals surface area contributed by atoms with Crippen molar-refractivity contribution in [3.8, 4) is 5.75 Å². The Hall–Kier alpha value is -0.930. The first-order chi connectivity index (χ1) is 9.97. The van der Waals surface area contributed by atoms with E-state index in [2.05, 4.69) is 0 Å². The largest absolute Gasteiger partial charge is 0.489 e. The standard InChI is InChI=1S/C15H10Cl4O2/c16-12-6-1-9(7-13(12)17)8-21-11-4-2-10(3-5-11)14(18)15(19)20/h1-7,14H,8H2. The van der Waals surface area contributed by atoms with Gasteiger partial charge in [0.1, 0.15) is 17.7 Å². The maximum Gasteiger partial charge on any atom is 0.244 e. The van der Waals surface area contributed by atoms with Gasteiger partial charge in [0.05, 0.1) is 10.0 Å². The van der Waals surface area contributed by atoms with E-state index in [1.165, 1.54) is 0 Å². The van der Waals surface area contributed by atoms with E-state index in [9.17, 15) is 4.79 Å². The van der Waals surface area contributed by atoms with Gasteiger partial charge in [0.2, 0.25) is 5.24 Å². The minimum atomic E-state index is -0.851. The summed E-state index contributed by atoms with van der Waals surface area (Å²) >= 11 is 23.0. The van der Waals surface area contributed by atoms with E-state index in [4.69, 9.17) is 51.1 Å². The van der Waals surface area contributed by atoms with Crippen molar-refractivity contribution in [1.29, 1.82) is 0 Å². The van der Waals surface area contributed by atoms with Crippen LogP contribution in [0.5, 0.6) is 5.75 Å². The number of alkyl halides is 1. The molecule has 0 aliphatic rings. The molecule has 0 aliphatic heterocycles. The zero-order valence-corrected chi connectivity index (χ0v) is 13.7. The molecule has 1 atom stereocenters. The Labute approximate surface area is 142 Å². The molecule has 0 bridgehead atoms. The topological polar surface area (TPSA) is 26.3 Å². The maximum atomic E-state index is 11.0. The van der Waals surface area contributed by atoms with Crippen LogP contribution >= 0.6 is 46.4 Å². The molecular formula is C15H10Cl4O2. The Balaban J connectivity index is 2.00. The molecule has 0 N–H and O–H groups in total.